The predicted molar refractivity (Wildman–Crippen MR) is 101 cm³/mol. The van der Waals surface area contributed by atoms with Gasteiger partial charge in [-0.2, -0.15) is 16.8 Å². The number of rotatable bonds is 8. The van der Waals surface area contributed by atoms with Gasteiger partial charge in [0, 0.05) is 0 Å². The van der Waals surface area contributed by atoms with Crippen molar-refractivity contribution in [1.29, 1.82) is 0 Å². The summed E-state index contributed by atoms with van der Waals surface area (Å²) in [5, 5.41) is -1.18. The topological polar surface area (TPSA) is 86.7 Å². The van der Waals surface area contributed by atoms with Crippen molar-refractivity contribution in [2.75, 3.05) is 5.08 Å². The van der Waals surface area contributed by atoms with E-state index < -0.39 is 48.4 Å². The van der Waals surface area contributed by atoms with E-state index in [-0.39, 0.29) is 11.8 Å². The van der Waals surface area contributed by atoms with Crippen LogP contribution in [0.2, 0.25) is 0 Å². The van der Waals surface area contributed by atoms with Gasteiger partial charge in [-0.1, -0.05) is 69.2 Å². The summed E-state index contributed by atoms with van der Waals surface area (Å²) in [6.45, 7) is 18.5. The van der Waals surface area contributed by atoms with E-state index >= 15 is 0 Å². The van der Waals surface area contributed by atoms with Crippen LogP contribution < -0.4 is 0 Å². The van der Waals surface area contributed by atoms with Crippen molar-refractivity contribution < 1.29 is 25.2 Å². The Morgan fingerprint density at radius 1 is 0.640 bits per heavy atom. The van der Waals surface area contributed by atoms with Crippen molar-refractivity contribution in [2.24, 2.45) is 22.7 Å². The van der Waals surface area contributed by atoms with Crippen LogP contribution in [-0.4, -0.2) is 34.1 Å². The molecule has 2 atom stereocenters. The molecule has 0 aliphatic carbocycles. The highest BCUT2D eigenvalue weighted by Crippen LogP contribution is 2.32. The second kappa shape index (κ2) is 8.23. The van der Waals surface area contributed by atoms with Crippen LogP contribution in [0.3, 0.4) is 0 Å². The Labute approximate surface area is 154 Å². The van der Waals surface area contributed by atoms with Gasteiger partial charge in [-0.25, -0.2) is 0 Å². The Morgan fingerprint density at radius 3 is 1.04 bits per heavy atom. The molecule has 0 saturated carbocycles. The van der Waals surface area contributed by atoms with Crippen LogP contribution in [0.4, 0.5) is 0 Å². The maximum atomic E-state index is 12.3. The lowest BCUT2D eigenvalue weighted by Gasteiger charge is -2.34. The van der Waals surface area contributed by atoms with Gasteiger partial charge in [0.25, 0.3) is 20.2 Å². The van der Waals surface area contributed by atoms with Crippen LogP contribution in [0.1, 0.15) is 69.2 Å². The third-order valence-corrected chi connectivity index (χ3v) is 7.02. The highest BCUT2D eigenvalue weighted by atomic mass is 32.3. The molecule has 25 heavy (non-hydrogen) atoms. The molecule has 0 aliphatic heterocycles. The molecule has 0 bridgehead atoms. The van der Waals surface area contributed by atoms with E-state index in [0.717, 1.165) is 0 Å². The molecule has 0 aliphatic rings. The lowest BCUT2D eigenvalue weighted by Crippen LogP contribution is -2.40. The summed E-state index contributed by atoms with van der Waals surface area (Å²) in [6, 6.07) is 0. The Hall–Kier alpha value is -0.180. The summed E-state index contributed by atoms with van der Waals surface area (Å²) in [6.07, 6.45) is -1.26. The fourth-order valence-corrected chi connectivity index (χ4v) is 6.57. The Morgan fingerprint density at radius 2 is 0.880 bits per heavy atom. The fourth-order valence-electron chi connectivity index (χ4n) is 3.06. The Kier molecular flexibility index (Phi) is 8.17. The van der Waals surface area contributed by atoms with Gasteiger partial charge in [-0.05, 0) is 22.7 Å². The zero-order valence-corrected chi connectivity index (χ0v) is 18.9. The van der Waals surface area contributed by atoms with Crippen molar-refractivity contribution >= 4 is 20.2 Å². The highest BCUT2D eigenvalue weighted by molar-refractivity contribution is 8.03. The summed E-state index contributed by atoms with van der Waals surface area (Å²) in [5.74, 6) is -0.173. The lowest BCUT2D eigenvalue weighted by molar-refractivity contribution is 0.0498. The second-order valence-electron chi connectivity index (χ2n) is 9.49. The van der Waals surface area contributed by atoms with Gasteiger partial charge >= 0.3 is 0 Å². The molecule has 6 nitrogen and oxygen atoms in total. The Bertz CT molecular complexity index is 563. The van der Waals surface area contributed by atoms with Crippen LogP contribution >= 0.6 is 0 Å². The smallest absolute Gasteiger partial charge is 0.265 e. The molecule has 8 heteroatoms. The van der Waals surface area contributed by atoms with Crippen molar-refractivity contribution in [2.45, 2.75) is 81.4 Å². The molecular weight excluding hydrogens is 364 g/mol. The van der Waals surface area contributed by atoms with E-state index in [1.807, 2.05) is 69.2 Å². The van der Waals surface area contributed by atoms with Crippen molar-refractivity contribution in [3.8, 4) is 0 Å². The molecule has 0 aromatic carbocycles. The molecular formula is C17H36O6S2. The zero-order valence-electron chi connectivity index (χ0n) is 17.3. The maximum absolute atomic E-state index is 12.3. The van der Waals surface area contributed by atoms with Crippen LogP contribution in [0.25, 0.3) is 0 Å². The summed E-state index contributed by atoms with van der Waals surface area (Å²) in [5.41, 5.74) is -0.893. The predicted octanol–water partition coefficient (Wildman–Crippen LogP) is 3.78. The molecule has 0 aromatic rings. The molecule has 0 heterocycles. The first-order chi connectivity index (χ1) is 10.8. The van der Waals surface area contributed by atoms with Crippen molar-refractivity contribution in [3.05, 3.63) is 0 Å². The third kappa shape index (κ3) is 8.84. The lowest BCUT2D eigenvalue weighted by atomic mass is 9.83. The first kappa shape index (κ1) is 24.8. The molecule has 0 aromatic heterocycles. The minimum atomic E-state index is -4.30. The first-order valence-electron chi connectivity index (χ1n) is 8.60. The summed E-state index contributed by atoms with van der Waals surface area (Å²) in [7, 11) is -8.59. The summed E-state index contributed by atoms with van der Waals surface area (Å²) in [4.78, 5) is 0. The monoisotopic (exact) mass is 400 g/mol. The van der Waals surface area contributed by atoms with Crippen LogP contribution in [0.5, 0.6) is 0 Å². The average molecular weight is 401 g/mol. The standard InChI is InChI=1S/C17H36O6S2/c1-12(2)14(16(5,6)7)22-24(18,19)11-25(20,21)23-15(13(3)4)17(8,9)10/h12-15H,11H2,1-10H3. The Balaban J connectivity index is 5.39. The van der Waals surface area contributed by atoms with E-state index in [9.17, 15) is 16.8 Å². The molecule has 0 rings (SSSR count). The van der Waals surface area contributed by atoms with Gasteiger partial charge in [-0.15, -0.1) is 0 Å². The SMILES string of the molecule is CC(C)C(OS(=O)(=O)CS(=O)(=O)OC(C(C)C)C(C)(C)C)C(C)(C)C. The first-order valence-corrected chi connectivity index (χ1v) is 11.8. The maximum Gasteiger partial charge on any atom is 0.284 e. The molecule has 152 valence electrons. The number of hydrogen-bond donors (Lipinski definition) is 0. The minimum Gasteiger partial charge on any atom is -0.265 e. The van der Waals surface area contributed by atoms with E-state index in [1.165, 1.54) is 0 Å². The molecule has 0 amide bonds. The van der Waals surface area contributed by atoms with Crippen LogP contribution in [-0.2, 0) is 28.6 Å². The van der Waals surface area contributed by atoms with Gasteiger partial charge in [0.15, 0.2) is 0 Å². The molecule has 0 saturated heterocycles. The summed E-state index contributed by atoms with van der Waals surface area (Å²) < 4.78 is 59.8. The van der Waals surface area contributed by atoms with Gasteiger partial charge in [0.05, 0.1) is 12.2 Å². The van der Waals surface area contributed by atoms with Gasteiger partial charge in [0.2, 0.25) is 5.08 Å². The third-order valence-electron chi connectivity index (χ3n) is 3.71. The fraction of sp³-hybridized carbons (Fsp3) is 1.00. The molecule has 0 N–H and O–H groups in total. The molecule has 0 fully saturated rings. The summed E-state index contributed by atoms with van der Waals surface area (Å²) >= 11 is 0. The van der Waals surface area contributed by atoms with E-state index in [2.05, 4.69) is 0 Å². The van der Waals surface area contributed by atoms with E-state index in [1.54, 1.807) is 0 Å². The highest BCUT2D eigenvalue weighted by Gasteiger charge is 2.38. The average Bonchev–Trinajstić information content (AvgIpc) is 2.28. The van der Waals surface area contributed by atoms with Gasteiger partial charge in [0.1, 0.15) is 0 Å². The minimum absolute atomic E-state index is 0.0867. The van der Waals surface area contributed by atoms with E-state index in [4.69, 9.17) is 8.37 Å². The van der Waals surface area contributed by atoms with Crippen molar-refractivity contribution in [1.82, 2.24) is 0 Å². The van der Waals surface area contributed by atoms with Gasteiger partial charge < -0.3 is 0 Å². The van der Waals surface area contributed by atoms with E-state index in [0.29, 0.717) is 0 Å². The van der Waals surface area contributed by atoms with Crippen LogP contribution in [0.15, 0.2) is 0 Å². The molecule has 0 radical (unpaired) electrons. The molecule has 0 spiro atoms. The van der Waals surface area contributed by atoms with Crippen molar-refractivity contribution in [3.63, 3.8) is 0 Å². The number of hydrogen-bond acceptors (Lipinski definition) is 6. The zero-order chi connectivity index (χ0) is 20.4. The normalized spacial score (nSPS) is 17.1. The largest absolute Gasteiger partial charge is 0.284 e. The molecule has 2 unspecified atom stereocenters. The quantitative estimate of drug-likeness (QED) is 0.576. The second-order valence-corrected chi connectivity index (χ2v) is 13.0. The van der Waals surface area contributed by atoms with Crippen LogP contribution in [0, 0.1) is 22.7 Å². The van der Waals surface area contributed by atoms with Gasteiger partial charge in [-0.3, -0.25) is 8.37 Å².